The highest BCUT2D eigenvalue weighted by Gasteiger charge is 2.18. The summed E-state index contributed by atoms with van der Waals surface area (Å²) in [6.45, 7) is 4.30. The van der Waals surface area contributed by atoms with Crippen molar-refractivity contribution in [3.05, 3.63) is 0 Å². The van der Waals surface area contributed by atoms with Crippen molar-refractivity contribution in [2.45, 2.75) is 39.5 Å². The molecule has 0 aromatic rings. The number of ketones is 1. The molecule has 0 spiro atoms. The summed E-state index contributed by atoms with van der Waals surface area (Å²) in [6, 6.07) is 0. The maximum absolute atomic E-state index is 11.2. The molecule has 10 heavy (non-hydrogen) atoms. The summed E-state index contributed by atoms with van der Waals surface area (Å²) in [4.78, 5) is 11.2. The topological polar surface area (TPSA) is 17.1 Å². The average Bonchev–Trinajstić information content (AvgIpc) is 2.04. The van der Waals surface area contributed by atoms with Crippen LogP contribution in [0.1, 0.15) is 39.5 Å². The molecule has 2 atom stereocenters. The van der Waals surface area contributed by atoms with Crippen LogP contribution in [-0.2, 0) is 4.79 Å². The number of rotatable bonds is 0. The van der Waals surface area contributed by atoms with Gasteiger partial charge in [0.1, 0.15) is 5.78 Å². The Morgan fingerprint density at radius 2 is 1.90 bits per heavy atom. The first-order chi connectivity index (χ1) is 4.70. The zero-order chi connectivity index (χ0) is 7.56. The molecule has 1 aliphatic carbocycles. The SMILES string of the molecule is CC1CCC(=O)C(C)CC1. The first-order valence-electron chi connectivity index (χ1n) is 4.23. The third kappa shape index (κ3) is 1.83. The molecule has 0 amide bonds. The van der Waals surface area contributed by atoms with Crippen molar-refractivity contribution in [3.8, 4) is 0 Å². The van der Waals surface area contributed by atoms with Gasteiger partial charge in [-0.15, -0.1) is 0 Å². The van der Waals surface area contributed by atoms with Crippen molar-refractivity contribution < 1.29 is 4.79 Å². The van der Waals surface area contributed by atoms with E-state index in [2.05, 4.69) is 13.8 Å². The normalized spacial score (nSPS) is 35.6. The summed E-state index contributed by atoms with van der Waals surface area (Å²) in [5.74, 6) is 1.59. The minimum atomic E-state index is 0.338. The van der Waals surface area contributed by atoms with E-state index >= 15 is 0 Å². The average molecular weight is 140 g/mol. The number of hydrogen-bond acceptors (Lipinski definition) is 1. The molecule has 0 aromatic heterocycles. The number of carbonyl (C=O) groups excluding carboxylic acids is 1. The second-order valence-electron chi connectivity index (χ2n) is 3.59. The second kappa shape index (κ2) is 3.18. The van der Waals surface area contributed by atoms with Gasteiger partial charge in [-0.25, -0.2) is 0 Å². The Bertz CT molecular complexity index is 129. The molecule has 1 rings (SSSR count). The molecule has 0 aromatic carbocycles. The Morgan fingerprint density at radius 3 is 2.60 bits per heavy atom. The maximum Gasteiger partial charge on any atom is 0.135 e. The fraction of sp³-hybridized carbons (Fsp3) is 0.889. The van der Waals surface area contributed by atoms with E-state index < -0.39 is 0 Å². The minimum absolute atomic E-state index is 0.338. The van der Waals surface area contributed by atoms with Gasteiger partial charge < -0.3 is 0 Å². The molecular formula is C9H16O. The van der Waals surface area contributed by atoms with Crippen molar-refractivity contribution in [2.75, 3.05) is 0 Å². The van der Waals surface area contributed by atoms with Crippen molar-refractivity contribution in [1.82, 2.24) is 0 Å². The third-order valence-corrected chi connectivity index (χ3v) is 2.53. The quantitative estimate of drug-likeness (QED) is 0.472. The van der Waals surface area contributed by atoms with Gasteiger partial charge in [-0.2, -0.15) is 0 Å². The van der Waals surface area contributed by atoms with Crippen LogP contribution < -0.4 is 0 Å². The van der Waals surface area contributed by atoms with Crippen molar-refractivity contribution in [1.29, 1.82) is 0 Å². The summed E-state index contributed by atoms with van der Waals surface area (Å²) in [5.41, 5.74) is 0. The highest BCUT2D eigenvalue weighted by Crippen LogP contribution is 2.23. The monoisotopic (exact) mass is 140 g/mol. The van der Waals surface area contributed by atoms with Gasteiger partial charge in [-0.1, -0.05) is 20.3 Å². The molecule has 0 radical (unpaired) electrons. The Balaban J connectivity index is 2.46. The van der Waals surface area contributed by atoms with Crippen LogP contribution in [-0.4, -0.2) is 5.78 Å². The first-order valence-corrected chi connectivity index (χ1v) is 4.23. The van der Waals surface area contributed by atoms with E-state index in [0.29, 0.717) is 11.7 Å². The van der Waals surface area contributed by atoms with Gasteiger partial charge in [0, 0.05) is 12.3 Å². The lowest BCUT2D eigenvalue weighted by molar-refractivity contribution is -0.122. The van der Waals surface area contributed by atoms with E-state index in [4.69, 9.17) is 0 Å². The van der Waals surface area contributed by atoms with E-state index in [1.807, 2.05) is 0 Å². The lowest BCUT2D eigenvalue weighted by atomic mass is 10.0. The Labute approximate surface area is 62.8 Å². The summed E-state index contributed by atoms with van der Waals surface area (Å²) in [7, 11) is 0. The summed E-state index contributed by atoms with van der Waals surface area (Å²) >= 11 is 0. The Morgan fingerprint density at radius 1 is 1.20 bits per heavy atom. The molecule has 1 heteroatoms. The minimum Gasteiger partial charge on any atom is -0.299 e. The zero-order valence-electron chi connectivity index (χ0n) is 6.89. The molecule has 58 valence electrons. The van der Waals surface area contributed by atoms with Gasteiger partial charge in [-0.3, -0.25) is 4.79 Å². The van der Waals surface area contributed by atoms with E-state index in [-0.39, 0.29) is 0 Å². The molecule has 2 unspecified atom stereocenters. The van der Waals surface area contributed by atoms with Gasteiger partial charge in [0.2, 0.25) is 0 Å². The van der Waals surface area contributed by atoms with Crippen LogP contribution in [0, 0.1) is 11.8 Å². The second-order valence-corrected chi connectivity index (χ2v) is 3.59. The summed E-state index contributed by atoms with van der Waals surface area (Å²) < 4.78 is 0. The highest BCUT2D eigenvalue weighted by atomic mass is 16.1. The molecule has 1 fully saturated rings. The van der Waals surface area contributed by atoms with Crippen LogP contribution >= 0.6 is 0 Å². The number of carbonyl (C=O) groups is 1. The lowest BCUT2D eigenvalue weighted by Crippen LogP contribution is -2.06. The molecule has 0 heterocycles. The fourth-order valence-corrected chi connectivity index (χ4v) is 1.47. The molecule has 1 saturated carbocycles. The van der Waals surface area contributed by atoms with Crippen LogP contribution in [0.5, 0.6) is 0 Å². The smallest absolute Gasteiger partial charge is 0.135 e. The van der Waals surface area contributed by atoms with Gasteiger partial charge in [0.05, 0.1) is 0 Å². The van der Waals surface area contributed by atoms with E-state index in [1.54, 1.807) is 0 Å². The molecule has 0 N–H and O–H groups in total. The van der Waals surface area contributed by atoms with Crippen molar-refractivity contribution >= 4 is 5.78 Å². The molecule has 1 aliphatic rings. The first kappa shape index (κ1) is 7.77. The standard InChI is InChI=1S/C9H16O/c1-7-3-5-8(2)9(10)6-4-7/h7-8H,3-6H2,1-2H3. The predicted octanol–water partition coefficient (Wildman–Crippen LogP) is 2.40. The Hall–Kier alpha value is -0.330. The zero-order valence-corrected chi connectivity index (χ0v) is 6.89. The van der Waals surface area contributed by atoms with E-state index in [0.717, 1.165) is 25.2 Å². The van der Waals surface area contributed by atoms with Crippen LogP contribution in [0.15, 0.2) is 0 Å². The molecule has 1 nitrogen and oxygen atoms in total. The Kier molecular flexibility index (Phi) is 2.47. The predicted molar refractivity (Wildman–Crippen MR) is 41.8 cm³/mol. The summed E-state index contributed by atoms with van der Waals surface area (Å²) in [6.07, 6.45) is 4.29. The number of hydrogen-bond donors (Lipinski definition) is 0. The number of Topliss-reactive ketones (excluding diaryl/α,β-unsaturated/α-hetero) is 1. The fourth-order valence-electron chi connectivity index (χ4n) is 1.47. The molecule has 0 bridgehead atoms. The van der Waals surface area contributed by atoms with Gasteiger partial charge in [0.25, 0.3) is 0 Å². The highest BCUT2D eigenvalue weighted by molar-refractivity contribution is 5.80. The van der Waals surface area contributed by atoms with Crippen LogP contribution in [0.3, 0.4) is 0 Å². The molecule has 0 aliphatic heterocycles. The van der Waals surface area contributed by atoms with Gasteiger partial charge in [0.15, 0.2) is 0 Å². The van der Waals surface area contributed by atoms with Crippen LogP contribution in [0.4, 0.5) is 0 Å². The van der Waals surface area contributed by atoms with Crippen molar-refractivity contribution in [2.24, 2.45) is 11.8 Å². The van der Waals surface area contributed by atoms with E-state index in [9.17, 15) is 4.79 Å². The molecular weight excluding hydrogens is 124 g/mol. The summed E-state index contributed by atoms with van der Waals surface area (Å²) in [5, 5.41) is 0. The van der Waals surface area contributed by atoms with Crippen LogP contribution in [0.2, 0.25) is 0 Å². The van der Waals surface area contributed by atoms with Crippen molar-refractivity contribution in [3.63, 3.8) is 0 Å². The third-order valence-electron chi connectivity index (χ3n) is 2.53. The largest absolute Gasteiger partial charge is 0.299 e. The van der Waals surface area contributed by atoms with E-state index in [1.165, 1.54) is 6.42 Å². The van der Waals surface area contributed by atoms with Gasteiger partial charge >= 0.3 is 0 Å². The maximum atomic E-state index is 11.2. The van der Waals surface area contributed by atoms with Crippen LogP contribution in [0.25, 0.3) is 0 Å². The van der Waals surface area contributed by atoms with Gasteiger partial charge in [-0.05, 0) is 18.8 Å². The lowest BCUT2D eigenvalue weighted by Gasteiger charge is -2.04. The molecule has 0 saturated heterocycles.